The summed E-state index contributed by atoms with van der Waals surface area (Å²) in [5.74, 6) is 0.321. The molecule has 0 radical (unpaired) electrons. The van der Waals surface area contributed by atoms with Crippen molar-refractivity contribution in [3.8, 4) is 0 Å². The molecule has 1 fully saturated rings. The smallest absolute Gasteiger partial charge is 0.283 e. The van der Waals surface area contributed by atoms with Gasteiger partial charge in [0.2, 0.25) is 0 Å². The number of amidine groups is 1. The van der Waals surface area contributed by atoms with E-state index in [9.17, 15) is 0 Å². The first kappa shape index (κ1) is 13.2. The van der Waals surface area contributed by atoms with Crippen molar-refractivity contribution in [1.29, 1.82) is 0 Å². The van der Waals surface area contributed by atoms with Gasteiger partial charge in [0, 0.05) is 17.0 Å². The first-order valence-corrected chi connectivity index (χ1v) is 8.90. The highest BCUT2D eigenvalue weighted by Gasteiger charge is 2.62. The molecule has 0 amide bonds. The summed E-state index contributed by atoms with van der Waals surface area (Å²) < 4.78 is 29.3. The lowest BCUT2D eigenvalue weighted by Crippen LogP contribution is -2.48. The van der Waals surface area contributed by atoms with Crippen molar-refractivity contribution in [2.24, 2.45) is 22.1 Å². The number of methoxy groups -OCH3 is 1. The topological polar surface area (TPSA) is 56.8 Å². The standard InChI is InChI=1S/C18H23BrN2O2/c1-11-8-17(6-5-15(11)22-2)9-12-3-4-13(19)7-14(12)18(17)10-23-16(20)21-18/h3-4,7,11,15H,5-6,8-10H2,1-2H3,(H2,20,21)/t11-,15-,17-,18-/m0/s1/i10D2. The highest BCUT2D eigenvalue weighted by atomic mass is 79.9. The van der Waals surface area contributed by atoms with Crippen LogP contribution < -0.4 is 5.73 Å². The second-order valence-electron chi connectivity index (χ2n) is 7.12. The number of nitrogens with two attached hydrogens (primary N) is 1. The van der Waals surface area contributed by atoms with Crippen LogP contribution in [0.5, 0.6) is 0 Å². The Kier molecular flexibility index (Phi) is 3.00. The zero-order valence-electron chi connectivity index (χ0n) is 15.4. The van der Waals surface area contributed by atoms with Crippen LogP contribution in [0.4, 0.5) is 0 Å². The average Bonchev–Trinajstić information content (AvgIpc) is 2.93. The minimum atomic E-state index is -1.97. The van der Waals surface area contributed by atoms with Gasteiger partial charge in [0.25, 0.3) is 6.02 Å². The van der Waals surface area contributed by atoms with Crippen molar-refractivity contribution in [2.45, 2.75) is 44.2 Å². The molecule has 1 aromatic rings. The van der Waals surface area contributed by atoms with Crippen LogP contribution >= 0.6 is 15.9 Å². The summed E-state index contributed by atoms with van der Waals surface area (Å²) in [6, 6.07) is 6.01. The molecule has 1 aromatic carbocycles. The van der Waals surface area contributed by atoms with Crippen molar-refractivity contribution < 1.29 is 12.2 Å². The van der Waals surface area contributed by atoms with Crippen LogP contribution in [0.2, 0.25) is 0 Å². The average molecular weight is 381 g/mol. The van der Waals surface area contributed by atoms with E-state index in [0.717, 1.165) is 41.3 Å². The Morgan fingerprint density at radius 3 is 3.00 bits per heavy atom. The first-order valence-electron chi connectivity index (χ1n) is 9.11. The number of halogens is 1. The Hall–Kier alpha value is -1.07. The molecule has 0 unspecified atom stereocenters. The number of benzene rings is 1. The molecule has 1 aliphatic heterocycles. The van der Waals surface area contributed by atoms with Crippen molar-refractivity contribution in [3.63, 3.8) is 0 Å². The second kappa shape index (κ2) is 5.21. The number of rotatable bonds is 1. The summed E-state index contributed by atoms with van der Waals surface area (Å²) in [5, 5.41) is 0. The lowest BCUT2D eigenvalue weighted by Gasteiger charge is -2.47. The quantitative estimate of drug-likeness (QED) is 0.812. The lowest BCUT2D eigenvalue weighted by atomic mass is 9.59. The summed E-state index contributed by atoms with van der Waals surface area (Å²) in [4.78, 5) is 4.65. The van der Waals surface area contributed by atoms with Crippen LogP contribution in [0.15, 0.2) is 27.7 Å². The fourth-order valence-electron chi connectivity index (χ4n) is 4.89. The van der Waals surface area contributed by atoms with Gasteiger partial charge >= 0.3 is 0 Å². The van der Waals surface area contributed by atoms with E-state index >= 15 is 0 Å². The van der Waals surface area contributed by atoms with Gasteiger partial charge in [-0.3, -0.25) is 0 Å². The van der Waals surface area contributed by atoms with Crippen LogP contribution in [0.1, 0.15) is 40.1 Å². The summed E-state index contributed by atoms with van der Waals surface area (Å²) in [5.41, 5.74) is 6.47. The van der Waals surface area contributed by atoms with Gasteiger partial charge in [0.1, 0.15) is 12.1 Å². The fourth-order valence-corrected chi connectivity index (χ4v) is 5.25. The number of hydrogen-bond donors (Lipinski definition) is 1. The van der Waals surface area contributed by atoms with Crippen LogP contribution in [-0.4, -0.2) is 25.8 Å². The van der Waals surface area contributed by atoms with E-state index in [4.69, 9.17) is 17.9 Å². The lowest BCUT2D eigenvalue weighted by molar-refractivity contribution is -0.0445. The predicted octanol–water partition coefficient (Wildman–Crippen LogP) is 3.37. The summed E-state index contributed by atoms with van der Waals surface area (Å²) >= 11 is 3.53. The molecule has 23 heavy (non-hydrogen) atoms. The molecule has 124 valence electrons. The molecule has 1 heterocycles. The van der Waals surface area contributed by atoms with Gasteiger partial charge in [-0.2, -0.15) is 0 Å². The molecular formula is C18H23BrN2O2. The van der Waals surface area contributed by atoms with Gasteiger partial charge in [-0.25, -0.2) is 4.99 Å². The highest BCUT2D eigenvalue weighted by Crippen LogP contribution is 2.62. The van der Waals surface area contributed by atoms with Crippen LogP contribution in [0, 0.1) is 11.3 Å². The van der Waals surface area contributed by atoms with E-state index in [1.807, 2.05) is 12.1 Å². The summed E-state index contributed by atoms with van der Waals surface area (Å²) in [6.07, 6.45) is 3.54. The van der Waals surface area contributed by atoms with Crippen molar-refractivity contribution in [1.82, 2.24) is 0 Å². The zero-order chi connectivity index (χ0) is 18.0. The number of hydrogen-bond acceptors (Lipinski definition) is 4. The molecular weight excluding hydrogens is 356 g/mol. The third kappa shape index (κ3) is 2.09. The van der Waals surface area contributed by atoms with Crippen molar-refractivity contribution >= 4 is 22.0 Å². The Morgan fingerprint density at radius 1 is 1.52 bits per heavy atom. The first-order chi connectivity index (χ1) is 11.7. The van der Waals surface area contributed by atoms with E-state index in [2.05, 4.69) is 33.9 Å². The van der Waals surface area contributed by atoms with Crippen LogP contribution in [0.3, 0.4) is 0 Å². The van der Waals surface area contributed by atoms with Gasteiger partial charge < -0.3 is 15.2 Å². The third-order valence-electron chi connectivity index (χ3n) is 5.90. The van der Waals surface area contributed by atoms with Gasteiger partial charge in [-0.05, 0) is 54.9 Å². The third-order valence-corrected chi connectivity index (χ3v) is 6.39. The van der Waals surface area contributed by atoms with E-state index in [1.54, 1.807) is 7.11 Å². The van der Waals surface area contributed by atoms with Crippen LogP contribution in [-0.2, 0) is 21.4 Å². The molecule has 3 aliphatic rings. The number of fused-ring (bicyclic) bond motifs is 3. The molecule has 4 nitrogen and oxygen atoms in total. The van der Waals surface area contributed by atoms with E-state index in [1.165, 1.54) is 0 Å². The molecule has 0 bridgehead atoms. The maximum atomic E-state index is 8.69. The van der Waals surface area contributed by atoms with E-state index in [-0.39, 0.29) is 17.5 Å². The molecule has 2 N–H and O–H groups in total. The van der Waals surface area contributed by atoms with Gasteiger partial charge in [0.05, 0.1) is 8.85 Å². The van der Waals surface area contributed by atoms with Gasteiger partial charge in [0.15, 0.2) is 0 Å². The minimum Gasteiger partial charge on any atom is -0.462 e. The van der Waals surface area contributed by atoms with Crippen molar-refractivity contribution in [3.05, 3.63) is 33.8 Å². The Labute approximate surface area is 148 Å². The summed E-state index contributed by atoms with van der Waals surface area (Å²) in [6.45, 7) is 0.211. The zero-order valence-corrected chi connectivity index (χ0v) is 15.0. The monoisotopic (exact) mass is 380 g/mol. The molecule has 5 heteroatoms. The SMILES string of the molecule is [2H]C1([2H])OC(N)=N[C@]12c1cc(Br)ccc1C[C@@]21CC[C@H](OC)[C@@H](C)C1. The normalized spacial score (nSPS) is 42.1. The van der Waals surface area contributed by atoms with E-state index in [0.29, 0.717) is 5.92 Å². The van der Waals surface area contributed by atoms with Gasteiger partial charge in [-0.15, -0.1) is 0 Å². The van der Waals surface area contributed by atoms with Gasteiger partial charge in [-0.1, -0.05) is 28.9 Å². The largest absolute Gasteiger partial charge is 0.462 e. The maximum Gasteiger partial charge on any atom is 0.283 e. The molecule has 0 aromatic heterocycles. The van der Waals surface area contributed by atoms with Crippen LogP contribution in [0.25, 0.3) is 0 Å². The molecule has 2 aliphatic carbocycles. The second-order valence-corrected chi connectivity index (χ2v) is 8.03. The van der Waals surface area contributed by atoms with E-state index < -0.39 is 12.1 Å². The fraction of sp³-hybridized carbons (Fsp3) is 0.611. The number of nitrogens with zero attached hydrogens (tertiary/aromatic N) is 1. The Balaban J connectivity index is 1.92. The molecule has 4 rings (SSSR count). The van der Waals surface area contributed by atoms with Crippen molar-refractivity contribution in [2.75, 3.05) is 13.7 Å². The molecule has 2 spiro atoms. The number of ether oxygens (including phenoxy) is 2. The number of aliphatic imine (C=N–C) groups is 1. The Bertz CT molecular complexity index is 757. The molecule has 0 saturated heterocycles. The molecule has 1 saturated carbocycles. The Morgan fingerprint density at radius 2 is 2.35 bits per heavy atom. The minimum absolute atomic E-state index is 0.0567. The summed E-state index contributed by atoms with van der Waals surface area (Å²) in [7, 11) is 1.75. The molecule has 4 atom stereocenters. The maximum absolute atomic E-state index is 8.69. The highest BCUT2D eigenvalue weighted by molar-refractivity contribution is 9.10. The predicted molar refractivity (Wildman–Crippen MR) is 93.3 cm³/mol.